The first kappa shape index (κ1) is 14.5. The van der Waals surface area contributed by atoms with Gasteiger partial charge in [-0.2, -0.15) is 0 Å². The SMILES string of the molecule is CC(C)(C)OCc1ccc(C(=O)c2ccccc2)cc1. The lowest BCUT2D eigenvalue weighted by atomic mass is 10.0. The molecule has 0 aliphatic rings. The van der Waals surface area contributed by atoms with Crippen molar-refractivity contribution in [2.24, 2.45) is 0 Å². The fraction of sp³-hybridized carbons (Fsp3) is 0.278. The van der Waals surface area contributed by atoms with Gasteiger partial charge < -0.3 is 4.74 Å². The largest absolute Gasteiger partial charge is 0.371 e. The maximum Gasteiger partial charge on any atom is 0.193 e. The number of hydrogen-bond acceptors (Lipinski definition) is 2. The first-order valence-corrected chi connectivity index (χ1v) is 6.78. The second-order valence-corrected chi connectivity index (χ2v) is 5.79. The Morgan fingerprint density at radius 3 is 2.00 bits per heavy atom. The van der Waals surface area contributed by atoms with Crippen molar-refractivity contribution < 1.29 is 9.53 Å². The third kappa shape index (κ3) is 4.04. The van der Waals surface area contributed by atoms with E-state index in [1.807, 2.05) is 75.4 Å². The standard InChI is InChI=1S/C18H20O2/c1-18(2,3)20-13-14-9-11-16(12-10-14)17(19)15-7-5-4-6-8-15/h4-12H,13H2,1-3H3. The lowest BCUT2D eigenvalue weighted by Crippen LogP contribution is -2.18. The number of benzene rings is 2. The van der Waals surface area contributed by atoms with Crippen LogP contribution in [0.1, 0.15) is 42.3 Å². The minimum atomic E-state index is -0.154. The molecule has 0 saturated carbocycles. The first-order chi connectivity index (χ1) is 9.46. The average Bonchev–Trinajstić information content (AvgIpc) is 2.45. The van der Waals surface area contributed by atoms with Crippen LogP contribution < -0.4 is 0 Å². The summed E-state index contributed by atoms with van der Waals surface area (Å²) in [5, 5.41) is 0. The predicted molar refractivity (Wildman–Crippen MR) is 80.9 cm³/mol. The Morgan fingerprint density at radius 2 is 1.45 bits per heavy atom. The molecule has 0 aliphatic carbocycles. The third-order valence-corrected chi connectivity index (χ3v) is 2.92. The summed E-state index contributed by atoms with van der Waals surface area (Å²) in [6, 6.07) is 16.9. The van der Waals surface area contributed by atoms with E-state index in [0.717, 1.165) is 5.56 Å². The van der Waals surface area contributed by atoms with E-state index in [0.29, 0.717) is 17.7 Å². The van der Waals surface area contributed by atoms with E-state index in [4.69, 9.17) is 4.74 Å². The minimum Gasteiger partial charge on any atom is -0.371 e. The Kier molecular flexibility index (Phi) is 4.35. The van der Waals surface area contributed by atoms with E-state index in [1.165, 1.54) is 0 Å². The van der Waals surface area contributed by atoms with Gasteiger partial charge in [-0.3, -0.25) is 4.79 Å². The molecule has 0 unspecified atom stereocenters. The van der Waals surface area contributed by atoms with Gasteiger partial charge in [0.1, 0.15) is 0 Å². The molecule has 2 heteroatoms. The fourth-order valence-electron chi connectivity index (χ4n) is 1.81. The van der Waals surface area contributed by atoms with Gasteiger partial charge in [0.25, 0.3) is 0 Å². The highest BCUT2D eigenvalue weighted by atomic mass is 16.5. The van der Waals surface area contributed by atoms with Crippen molar-refractivity contribution >= 4 is 5.78 Å². The van der Waals surface area contributed by atoms with Crippen LogP contribution in [-0.2, 0) is 11.3 Å². The Bertz CT molecular complexity index is 563. The highest BCUT2D eigenvalue weighted by molar-refractivity contribution is 6.08. The normalized spacial score (nSPS) is 11.3. The van der Waals surface area contributed by atoms with Crippen LogP contribution in [0.15, 0.2) is 54.6 Å². The van der Waals surface area contributed by atoms with Gasteiger partial charge in [0.05, 0.1) is 12.2 Å². The summed E-state index contributed by atoms with van der Waals surface area (Å²) in [6.07, 6.45) is 0. The molecular formula is C18H20O2. The van der Waals surface area contributed by atoms with Crippen LogP contribution >= 0.6 is 0 Å². The van der Waals surface area contributed by atoms with Crippen molar-refractivity contribution in [1.82, 2.24) is 0 Å². The van der Waals surface area contributed by atoms with Crippen molar-refractivity contribution in [2.45, 2.75) is 33.0 Å². The van der Waals surface area contributed by atoms with E-state index in [9.17, 15) is 4.79 Å². The number of ketones is 1. The molecule has 0 fully saturated rings. The molecule has 0 aromatic heterocycles. The van der Waals surface area contributed by atoms with E-state index < -0.39 is 0 Å². The van der Waals surface area contributed by atoms with Crippen molar-refractivity contribution in [3.05, 3.63) is 71.3 Å². The fourth-order valence-corrected chi connectivity index (χ4v) is 1.81. The van der Waals surface area contributed by atoms with Gasteiger partial charge in [-0.25, -0.2) is 0 Å². The topological polar surface area (TPSA) is 26.3 Å². The predicted octanol–water partition coefficient (Wildman–Crippen LogP) is 4.23. The first-order valence-electron chi connectivity index (χ1n) is 6.78. The molecule has 2 aromatic carbocycles. The number of hydrogen-bond donors (Lipinski definition) is 0. The Morgan fingerprint density at radius 1 is 0.900 bits per heavy atom. The van der Waals surface area contributed by atoms with E-state index in [-0.39, 0.29) is 11.4 Å². The summed E-state index contributed by atoms with van der Waals surface area (Å²) in [6.45, 7) is 6.64. The van der Waals surface area contributed by atoms with Crippen LogP contribution in [0.3, 0.4) is 0 Å². The van der Waals surface area contributed by atoms with Gasteiger partial charge in [-0.05, 0) is 26.3 Å². The van der Waals surface area contributed by atoms with Crippen LogP contribution in [0, 0.1) is 0 Å². The van der Waals surface area contributed by atoms with Crippen LogP contribution in [0.5, 0.6) is 0 Å². The molecule has 0 radical (unpaired) electrons. The molecule has 0 aliphatic heterocycles. The maximum absolute atomic E-state index is 12.2. The van der Waals surface area contributed by atoms with Gasteiger partial charge in [0.2, 0.25) is 0 Å². The lowest BCUT2D eigenvalue weighted by Gasteiger charge is -2.19. The van der Waals surface area contributed by atoms with Crippen molar-refractivity contribution in [1.29, 1.82) is 0 Å². The molecule has 2 nitrogen and oxygen atoms in total. The van der Waals surface area contributed by atoms with Gasteiger partial charge in [-0.15, -0.1) is 0 Å². The molecule has 20 heavy (non-hydrogen) atoms. The van der Waals surface area contributed by atoms with Crippen LogP contribution in [0.2, 0.25) is 0 Å². The molecule has 0 bridgehead atoms. The van der Waals surface area contributed by atoms with Crippen LogP contribution in [0.4, 0.5) is 0 Å². The summed E-state index contributed by atoms with van der Waals surface area (Å²) in [5.41, 5.74) is 2.34. The molecule has 2 aromatic rings. The zero-order valence-corrected chi connectivity index (χ0v) is 12.2. The van der Waals surface area contributed by atoms with Crippen LogP contribution in [-0.4, -0.2) is 11.4 Å². The summed E-state index contributed by atoms with van der Waals surface area (Å²) in [5.74, 6) is 0.0499. The van der Waals surface area contributed by atoms with Gasteiger partial charge in [0, 0.05) is 11.1 Å². The Labute approximate surface area is 120 Å². The molecule has 0 heterocycles. The van der Waals surface area contributed by atoms with E-state index >= 15 is 0 Å². The molecule has 0 N–H and O–H groups in total. The Hall–Kier alpha value is -1.93. The van der Waals surface area contributed by atoms with Gasteiger partial charge in [-0.1, -0.05) is 54.6 Å². The molecule has 2 rings (SSSR count). The smallest absolute Gasteiger partial charge is 0.193 e. The van der Waals surface area contributed by atoms with Gasteiger partial charge >= 0.3 is 0 Å². The third-order valence-electron chi connectivity index (χ3n) is 2.92. The number of carbonyl (C=O) groups is 1. The zero-order chi connectivity index (χ0) is 14.6. The number of carbonyl (C=O) groups excluding carboxylic acids is 1. The highest BCUT2D eigenvalue weighted by Gasteiger charge is 2.11. The number of ether oxygens (including phenoxy) is 1. The summed E-state index contributed by atoms with van der Waals surface area (Å²) >= 11 is 0. The highest BCUT2D eigenvalue weighted by Crippen LogP contribution is 2.14. The monoisotopic (exact) mass is 268 g/mol. The molecule has 0 amide bonds. The zero-order valence-electron chi connectivity index (χ0n) is 12.2. The van der Waals surface area contributed by atoms with Crippen molar-refractivity contribution in [2.75, 3.05) is 0 Å². The summed E-state index contributed by atoms with van der Waals surface area (Å²) in [7, 11) is 0. The molecule has 0 saturated heterocycles. The average molecular weight is 268 g/mol. The van der Waals surface area contributed by atoms with E-state index in [1.54, 1.807) is 0 Å². The number of rotatable bonds is 4. The summed E-state index contributed by atoms with van der Waals surface area (Å²) < 4.78 is 5.72. The lowest BCUT2D eigenvalue weighted by molar-refractivity contribution is -0.0149. The molecular weight excluding hydrogens is 248 g/mol. The maximum atomic E-state index is 12.2. The van der Waals surface area contributed by atoms with E-state index in [2.05, 4.69) is 0 Å². The second-order valence-electron chi connectivity index (χ2n) is 5.79. The minimum absolute atomic E-state index is 0.0499. The Balaban J connectivity index is 2.07. The molecule has 0 spiro atoms. The van der Waals surface area contributed by atoms with Crippen molar-refractivity contribution in [3.63, 3.8) is 0 Å². The summed E-state index contributed by atoms with van der Waals surface area (Å²) in [4.78, 5) is 12.2. The quantitative estimate of drug-likeness (QED) is 0.775. The van der Waals surface area contributed by atoms with Crippen molar-refractivity contribution in [3.8, 4) is 0 Å². The van der Waals surface area contributed by atoms with Gasteiger partial charge in [0.15, 0.2) is 5.78 Å². The molecule has 0 atom stereocenters. The van der Waals surface area contributed by atoms with Crippen LogP contribution in [0.25, 0.3) is 0 Å². The second kappa shape index (κ2) is 6.02. The molecule has 104 valence electrons.